The highest BCUT2D eigenvalue weighted by Crippen LogP contribution is 2.38. The Balaban J connectivity index is 0.000000531. The zero-order valence-corrected chi connectivity index (χ0v) is 12.0. The van der Waals surface area contributed by atoms with E-state index in [1.807, 2.05) is 13.8 Å². The number of rotatable bonds is 2. The maximum absolute atomic E-state index is 5.37. The number of nitrogens with one attached hydrogen (secondary N) is 1. The van der Waals surface area contributed by atoms with Crippen LogP contribution in [0.2, 0.25) is 0 Å². The molecule has 1 aliphatic rings. The van der Waals surface area contributed by atoms with E-state index in [4.69, 9.17) is 12.2 Å². The molecule has 0 spiro atoms. The first-order valence-corrected chi connectivity index (χ1v) is 7.25. The topological polar surface area (TPSA) is 21.9 Å². The Hall–Kier alpha value is 0.0900. The zero-order valence-electron chi connectivity index (χ0n) is 9.53. The Morgan fingerprint density at radius 1 is 1.07 bits per heavy atom. The smallest absolute Gasteiger partial charge is 0.181 e. The van der Waals surface area contributed by atoms with Gasteiger partial charge in [-0.3, -0.25) is 0 Å². The molecule has 0 aliphatic carbocycles. The second kappa shape index (κ2) is 5.98. The second-order valence-electron chi connectivity index (χ2n) is 2.67. The van der Waals surface area contributed by atoms with Crippen molar-refractivity contribution in [2.24, 2.45) is 0 Å². The van der Waals surface area contributed by atoms with E-state index >= 15 is 0 Å². The van der Waals surface area contributed by atoms with Gasteiger partial charge in [-0.05, 0) is 50.0 Å². The number of nitrogens with zero attached hydrogens (tertiary/aromatic N) is 2. The molecule has 1 aromatic rings. The average Bonchev–Trinajstić information content (AvgIpc) is 2.80. The van der Waals surface area contributed by atoms with Crippen LogP contribution in [0.4, 0.5) is 0 Å². The quantitative estimate of drug-likeness (QED) is 0.648. The lowest BCUT2D eigenvalue weighted by Gasteiger charge is -2.01. The lowest BCUT2D eigenvalue weighted by Crippen LogP contribution is -2.01. The number of hydrogen-bond donors (Lipinski definition) is 1. The van der Waals surface area contributed by atoms with Gasteiger partial charge in [0.1, 0.15) is 10.1 Å². The Labute approximate surface area is 105 Å². The predicted octanol–water partition coefficient (Wildman–Crippen LogP) is 3.70. The summed E-state index contributed by atoms with van der Waals surface area (Å²) in [5.41, 5.74) is 0. The molecule has 0 bridgehead atoms. The zero-order chi connectivity index (χ0) is 11.4. The third-order valence-electron chi connectivity index (χ3n) is 2.04. The minimum absolute atomic E-state index is 0.941. The summed E-state index contributed by atoms with van der Waals surface area (Å²) in [5.74, 6) is 0. The van der Waals surface area contributed by atoms with Gasteiger partial charge in [0.15, 0.2) is 4.77 Å². The first kappa shape index (κ1) is 13.2. The number of imidazole rings is 1. The van der Waals surface area contributed by atoms with Gasteiger partial charge in [0.05, 0.1) is 0 Å². The van der Waals surface area contributed by atoms with E-state index in [1.165, 1.54) is 10.1 Å². The van der Waals surface area contributed by atoms with E-state index in [-0.39, 0.29) is 0 Å². The number of fused-ring (bicyclic) bond motifs is 1. The van der Waals surface area contributed by atoms with Crippen LogP contribution in [0.3, 0.4) is 0 Å². The number of aromatic nitrogens is 2. The first-order valence-electron chi connectivity index (χ1n) is 5.21. The summed E-state index contributed by atoms with van der Waals surface area (Å²) in [6, 6.07) is 0. The predicted molar refractivity (Wildman–Crippen MR) is 70.8 cm³/mol. The fourth-order valence-corrected chi connectivity index (χ4v) is 4.06. The van der Waals surface area contributed by atoms with E-state index < -0.39 is 0 Å². The highest BCUT2D eigenvalue weighted by atomic mass is 32.2. The molecule has 0 radical (unpaired) electrons. The molecule has 0 fully saturated rings. The first-order chi connectivity index (χ1) is 7.29. The Bertz CT molecular complexity index is 348. The van der Waals surface area contributed by atoms with Gasteiger partial charge in [-0.15, -0.1) is 0 Å². The van der Waals surface area contributed by atoms with Crippen LogP contribution in [-0.4, -0.2) is 9.13 Å². The molecule has 2 heterocycles. The summed E-state index contributed by atoms with van der Waals surface area (Å²) in [6.07, 6.45) is 0. The van der Waals surface area contributed by atoms with E-state index in [0.717, 1.165) is 17.9 Å². The summed E-state index contributed by atoms with van der Waals surface area (Å²) in [5, 5.41) is 2.53. The van der Waals surface area contributed by atoms with Crippen molar-refractivity contribution in [1.29, 1.82) is 0 Å². The van der Waals surface area contributed by atoms with E-state index in [2.05, 4.69) is 27.1 Å². The summed E-state index contributed by atoms with van der Waals surface area (Å²) in [4.78, 5) is 0. The van der Waals surface area contributed by atoms with Crippen LogP contribution in [0.1, 0.15) is 27.7 Å². The molecule has 0 saturated carbocycles. The lowest BCUT2D eigenvalue weighted by atomic mass is 10.7. The van der Waals surface area contributed by atoms with Crippen molar-refractivity contribution in [3.63, 3.8) is 0 Å². The molecule has 86 valence electrons. The van der Waals surface area contributed by atoms with Crippen molar-refractivity contribution >= 4 is 36.1 Å². The molecule has 2 rings (SSSR count). The normalized spacial score (nSPS) is 13.3. The van der Waals surface area contributed by atoms with Crippen molar-refractivity contribution in [3.05, 3.63) is 4.77 Å². The Kier molecular flexibility index (Phi) is 5.25. The van der Waals surface area contributed by atoms with Gasteiger partial charge >= 0.3 is 0 Å². The largest absolute Gasteiger partial charge is 0.310 e. The van der Waals surface area contributed by atoms with E-state index in [0.29, 0.717) is 0 Å². The molecular weight excluding hydrogens is 246 g/mol. The van der Waals surface area contributed by atoms with Crippen LogP contribution < -0.4 is 4.13 Å². The average molecular weight is 263 g/mol. The van der Waals surface area contributed by atoms with Crippen LogP contribution in [0.15, 0.2) is 10.1 Å². The van der Waals surface area contributed by atoms with Gasteiger partial charge in [0, 0.05) is 13.1 Å². The van der Waals surface area contributed by atoms with Crippen molar-refractivity contribution < 1.29 is 0 Å². The molecule has 0 saturated heterocycles. The molecule has 1 aliphatic heterocycles. The summed E-state index contributed by atoms with van der Waals surface area (Å²) in [6.45, 7) is 10.1. The molecule has 6 heteroatoms. The minimum Gasteiger partial charge on any atom is -0.310 e. The van der Waals surface area contributed by atoms with Gasteiger partial charge < -0.3 is 9.13 Å². The molecule has 15 heavy (non-hydrogen) atoms. The fraction of sp³-hybridized carbons (Fsp3) is 0.667. The molecule has 1 aromatic heterocycles. The maximum atomic E-state index is 5.37. The molecule has 0 amide bonds. The third-order valence-corrected chi connectivity index (χ3v) is 4.50. The van der Waals surface area contributed by atoms with Crippen molar-refractivity contribution in [1.82, 2.24) is 13.3 Å². The molecule has 0 unspecified atom stereocenters. The van der Waals surface area contributed by atoms with Crippen molar-refractivity contribution in [2.45, 2.75) is 50.8 Å². The second-order valence-corrected chi connectivity index (χ2v) is 4.88. The van der Waals surface area contributed by atoms with Crippen LogP contribution in [-0.2, 0) is 13.1 Å². The molecule has 0 atom stereocenters. The van der Waals surface area contributed by atoms with E-state index in [9.17, 15) is 0 Å². The monoisotopic (exact) mass is 263 g/mol. The van der Waals surface area contributed by atoms with Gasteiger partial charge in [0.2, 0.25) is 0 Å². The lowest BCUT2D eigenvalue weighted by molar-refractivity contribution is 0.652. The highest BCUT2D eigenvalue weighted by molar-refractivity contribution is 8.15. The fourth-order valence-electron chi connectivity index (χ4n) is 1.41. The molecular formula is C9H17N3S3. The molecule has 3 nitrogen and oxygen atoms in total. The Morgan fingerprint density at radius 3 is 1.80 bits per heavy atom. The third kappa shape index (κ3) is 2.27. The highest BCUT2D eigenvalue weighted by Gasteiger charge is 2.22. The van der Waals surface area contributed by atoms with E-state index in [1.54, 1.807) is 23.9 Å². The summed E-state index contributed by atoms with van der Waals surface area (Å²) < 4.78 is 8.48. The minimum atomic E-state index is 0.941. The standard InChI is InChI=1S/C7H11N3S3.C2H6/c1-3-9-5-6(13-8-12-5)10(4-2)7(9)11;1-2/h8H,3-4H2,1-2H3;1-2H3. The number of hydrogen-bond acceptors (Lipinski definition) is 4. The van der Waals surface area contributed by atoms with Crippen LogP contribution in [0, 0.1) is 4.77 Å². The van der Waals surface area contributed by atoms with Crippen LogP contribution >= 0.6 is 36.1 Å². The van der Waals surface area contributed by atoms with Crippen LogP contribution in [0.25, 0.3) is 0 Å². The van der Waals surface area contributed by atoms with Crippen molar-refractivity contribution in [3.8, 4) is 0 Å². The summed E-state index contributed by atoms with van der Waals surface area (Å²) >= 11 is 8.69. The van der Waals surface area contributed by atoms with Gasteiger partial charge in [-0.1, -0.05) is 13.8 Å². The molecule has 0 aromatic carbocycles. The van der Waals surface area contributed by atoms with Crippen molar-refractivity contribution in [2.75, 3.05) is 0 Å². The Morgan fingerprint density at radius 2 is 1.47 bits per heavy atom. The van der Waals surface area contributed by atoms with Crippen LogP contribution in [0.5, 0.6) is 0 Å². The van der Waals surface area contributed by atoms with Gasteiger partial charge in [-0.2, -0.15) is 4.13 Å². The SMILES string of the molecule is CC.CCn1c2c(n(CC)c1=S)SNS2. The van der Waals surface area contributed by atoms with Gasteiger partial charge in [-0.25, -0.2) is 0 Å². The molecule has 1 N–H and O–H groups in total. The maximum Gasteiger partial charge on any atom is 0.181 e. The van der Waals surface area contributed by atoms with Gasteiger partial charge in [0.25, 0.3) is 0 Å². The summed E-state index contributed by atoms with van der Waals surface area (Å²) in [7, 11) is 0.